The summed E-state index contributed by atoms with van der Waals surface area (Å²) < 4.78 is 11.7. The topological polar surface area (TPSA) is 56.6 Å². The monoisotopic (exact) mass is 159 g/mol. The number of aromatic nitrogens is 2. The fourth-order valence-corrected chi connectivity index (χ4v) is 0.560. The SMILES string of the molecule is C1=NOCO1.c1cnsn1. The van der Waals surface area contributed by atoms with E-state index in [0.29, 0.717) is 0 Å². The fraction of sp³-hybridized carbons (Fsp3) is 0.250. The molecule has 0 saturated carbocycles. The molecule has 1 aromatic heterocycles. The molecule has 0 N–H and O–H groups in total. The van der Waals surface area contributed by atoms with E-state index in [1.165, 1.54) is 18.1 Å². The molecule has 1 aliphatic rings. The lowest BCUT2D eigenvalue weighted by molar-refractivity contribution is 0.0595. The molecule has 54 valence electrons. The van der Waals surface area contributed by atoms with Crippen molar-refractivity contribution in [3.8, 4) is 0 Å². The number of oxime groups is 1. The van der Waals surface area contributed by atoms with Crippen LogP contribution in [0.2, 0.25) is 0 Å². The highest BCUT2D eigenvalue weighted by Gasteiger charge is 1.84. The van der Waals surface area contributed by atoms with Gasteiger partial charge in [-0.1, -0.05) is 5.16 Å². The van der Waals surface area contributed by atoms with Crippen molar-refractivity contribution < 1.29 is 9.57 Å². The average Bonchev–Trinajstić information content (AvgIpc) is 2.67. The van der Waals surface area contributed by atoms with E-state index in [2.05, 4.69) is 23.5 Å². The van der Waals surface area contributed by atoms with Crippen LogP contribution in [0.1, 0.15) is 0 Å². The highest BCUT2D eigenvalue weighted by Crippen LogP contribution is 1.81. The first-order valence-corrected chi connectivity index (χ1v) is 3.20. The van der Waals surface area contributed by atoms with Gasteiger partial charge < -0.3 is 9.57 Å². The maximum atomic E-state index is 4.43. The first kappa shape index (κ1) is 6.94. The summed E-state index contributed by atoms with van der Waals surface area (Å²) >= 11 is 1.21. The van der Waals surface area contributed by atoms with Gasteiger partial charge in [-0.25, -0.2) is 0 Å². The molecule has 0 fully saturated rings. The Bertz CT molecular complexity index is 153. The molecular formula is C4H5N3O2S. The van der Waals surface area contributed by atoms with Gasteiger partial charge in [0.15, 0.2) is 0 Å². The molecule has 10 heavy (non-hydrogen) atoms. The highest BCUT2D eigenvalue weighted by molar-refractivity contribution is 6.98. The van der Waals surface area contributed by atoms with Crippen LogP contribution < -0.4 is 0 Å². The minimum atomic E-state index is 0.278. The van der Waals surface area contributed by atoms with Crippen LogP contribution in [0, 0.1) is 0 Å². The second-order valence-electron chi connectivity index (χ2n) is 1.22. The highest BCUT2D eigenvalue weighted by atomic mass is 32.1. The van der Waals surface area contributed by atoms with Crippen molar-refractivity contribution in [2.24, 2.45) is 5.16 Å². The van der Waals surface area contributed by atoms with Crippen molar-refractivity contribution >= 4 is 18.1 Å². The van der Waals surface area contributed by atoms with Crippen LogP contribution >= 0.6 is 11.7 Å². The summed E-state index contributed by atoms with van der Waals surface area (Å²) in [6.45, 7) is 0.278. The molecule has 1 aromatic rings. The van der Waals surface area contributed by atoms with Crippen molar-refractivity contribution in [2.75, 3.05) is 6.79 Å². The summed E-state index contributed by atoms with van der Waals surface area (Å²) in [4.78, 5) is 4.29. The van der Waals surface area contributed by atoms with E-state index in [1.807, 2.05) is 0 Å². The van der Waals surface area contributed by atoms with Gasteiger partial charge >= 0.3 is 0 Å². The summed E-state index contributed by atoms with van der Waals surface area (Å²) in [6.07, 6.45) is 4.58. The third kappa shape index (κ3) is 2.98. The molecule has 2 rings (SSSR count). The van der Waals surface area contributed by atoms with Gasteiger partial charge in [-0.2, -0.15) is 8.75 Å². The van der Waals surface area contributed by atoms with Crippen molar-refractivity contribution in [2.45, 2.75) is 0 Å². The Morgan fingerprint density at radius 2 is 2.10 bits per heavy atom. The molecule has 0 spiro atoms. The van der Waals surface area contributed by atoms with E-state index >= 15 is 0 Å². The van der Waals surface area contributed by atoms with E-state index in [9.17, 15) is 0 Å². The third-order valence-electron chi connectivity index (χ3n) is 0.596. The lowest BCUT2D eigenvalue weighted by Gasteiger charge is -1.77. The zero-order chi connectivity index (χ0) is 7.07. The van der Waals surface area contributed by atoms with Gasteiger partial charge in [-0.05, 0) is 0 Å². The van der Waals surface area contributed by atoms with Crippen molar-refractivity contribution in [3.05, 3.63) is 12.4 Å². The molecule has 0 aromatic carbocycles. The molecule has 0 bridgehead atoms. The Morgan fingerprint density at radius 1 is 1.30 bits per heavy atom. The number of hydrogen-bond donors (Lipinski definition) is 0. The second-order valence-corrected chi connectivity index (χ2v) is 1.80. The molecule has 1 aliphatic heterocycles. The molecule has 0 unspecified atom stereocenters. The van der Waals surface area contributed by atoms with Gasteiger partial charge in [0, 0.05) is 0 Å². The van der Waals surface area contributed by atoms with Crippen molar-refractivity contribution in [3.63, 3.8) is 0 Å². The quantitative estimate of drug-likeness (QED) is 0.552. The predicted molar refractivity (Wildman–Crippen MR) is 35.4 cm³/mol. The van der Waals surface area contributed by atoms with Gasteiger partial charge in [-0.3, -0.25) is 0 Å². The lowest BCUT2D eigenvalue weighted by atomic mass is 11.0. The van der Waals surface area contributed by atoms with Crippen LogP contribution in [0.15, 0.2) is 17.5 Å². The van der Waals surface area contributed by atoms with E-state index in [1.54, 1.807) is 12.4 Å². The van der Waals surface area contributed by atoms with Crippen LogP contribution in [0.25, 0.3) is 0 Å². The van der Waals surface area contributed by atoms with Crippen LogP contribution in [-0.2, 0) is 9.57 Å². The summed E-state index contributed by atoms with van der Waals surface area (Å²) in [6, 6.07) is 0. The maximum Gasteiger partial charge on any atom is 0.257 e. The van der Waals surface area contributed by atoms with Crippen LogP contribution in [0.5, 0.6) is 0 Å². The van der Waals surface area contributed by atoms with E-state index < -0.39 is 0 Å². The van der Waals surface area contributed by atoms with E-state index in [0.717, 1.165) is 0 Å². The summed E-state index contributed by atoms with van der Waals surface area (Å²) in [5.41, 5.74) is 0. The molecule has 0 aliphatic carbocycles. The number of rotatable bonds is 0. The number of ether oxygens (including phenoxy) is 1. The van der Waals surface area contributed by atoms with Gasteiger partial charge in [0.25, 0.3) is 6.79 Å². The first-order valence-electron chi connectivity index (χ1n) is 2.47. The zero-order valence-electron chi connectivity index (χ0n) is 5.01. The van der Waals surface area contributed by atoms with Crippen molar-refractivity contribution in [1.82, 2.24) is 8.75 Å². The van der Waals surface area contributed by atoms with Gasteiger partial charge in [0.1, 0.15) is 0 Å². The Morgan fingerprint density at radius 3 is 2.30 bits per heavy atom. The summed E-state index contributed by atoms with van der Waals surface area (Å²) in [5, 5.41) is 3.24. The Labute approximate surface area is 61.6 Å². The van der Waals surface area contributed by atoms with Gasteiger partial charge in [0.05, 0.1) is 24.1 Å². The fourth-order valence-electron chi connectivity index (χ4n) is 0.288. The van der Waals surface area contributed by atoms with Crippen LogP contribution in [0.3, 0.4) is 0 Å². The van der Waals surface area contributed by atoms with E-state index in [-0.39, 0.29) is 6.79 Å². The minimum Gasteiger partial charge on any atom is -0.441 e. The smallest absolute Gasteiger partial charge is 0.257 e. The Balaban J connectivity index is 0.0000001000. The molecule has 0 radical (unpaired) electrons. The Hall–Kier alpha value is -1.17. The largest absolute Gasteiger partial charge is 0.441 e. The molecule has 5 nitrogen and oxygen atoms in total. The molecule has 6 heteroatoms. The molecule has 0 atom stereocenters. The van der Waals surface area contributed by atoms with E-state index in [4.69, 9.17) is 0 Å². The molecule has 2 heterocycles. The summed E-state index contributed by atoms with van der Waals surface area (Å²) in [7, 11) is 0. The van der Waals surface area contributed by atoms with Crippen LogP contribution in [-0.4, -0.2) is 21.9 Å². The number of hydrogen-bond acceptors (Lipinski definition) is 6. The molecule has 0 saturated heterocycles. The normalized spacial score (nSPS) is 12.8. The number of nitrogens with zero attached hydrogens (tertiary/aromatic N) is 3. The van der Waals surface area contributed by atoms with Gasteiger partial charge in [0.2, 0.25) is 6.40 Å². The first-order chi connectivity index (χ1) is 5.00. The molecule has 0 amide bonds. The predicted octanol–water partition coefficient (Wildman–Crippen LogP) is 0.472. The minimum absolute atomic E-state index is 0.278. The molecular weight excluding hydrogens is 154 g/mol. The zero-order valence-corrected chi connectivity index (χ0v) is 5.82. The maximum absolute atomic E-state index is 4.43. The summed E-state index contributed by atoms with van der Waals surface area (Å²) in [5.74, 6) is 0. The van der Waals surface area contributed by atoms with Crippen molar-refractivity contribution in [1.29, 1.82) is 0 Å². The van der Waals surface area contributed by atoms with Gasteiger partial charge in [-0.15, -0.1) is 0 Å². The second kappa shape index (κ2) is 4.68. The Kier molecular flexibility index (Phi) is 3.25. The third-order valence-corrected chi connectivity index (χ3v) is 1.03. The lowest BCUT2D eigenvalue weighted by Crippen LogP contribution is -1.77. The van der Waals surface area contributed by atoms with Crippen LogP contribution in [0.4, 0.5) is 0 Å². The standard InChI is InChI=1S/C2H2N2S.C2H3NO2/c1-2-4-5-3-1;1-3-5-2-4-1/h1-2H;1H,2H2. The average molecular weight is 159 g/mol.